The number of hydrogen-bond donors (Lipinski definition) is 1. The molecule has 1 unspecified atom stereocenters. The molecule has 106 valence electrons. The van der Waals surface area contributed by atoms with Crippen LogP contribution in [0.4, 0.5) is 4.39 Å². The van der Waals surface area contributed by atoms with Gasteiger partial charge >= 0.3 is 0 Å². The van der Waals surface area contributed by atoms with E-state index in [4.69, 9.17) is 16.3 Å². The summed E-state index contributed by atoms with van der Waals surface area (Å²) in [5.74, 6) is 0.208. The molecule has 0 spiro atoms. The molecule has 0 amide bonds. The Morgan fingerprint density at radius 2 is 1.95 bits per heavy atom. The molecule has 2 nitrogen and oxygen atoms in total. The molecule has 1 atom stereocenters. The monoisotopic (exact) mass is 293 g/mol. The lowest BCUT2D eigenvalue weighted by Crippen LogP contribution is -2.17. The van der Waals surface area contributed by atoms with Crippen LogP contribution in [0.3, 0.4) is 0 Å². The lowest BCUT2D eigenvalue weighted by molar-refractivity contribution is 0.442. The maximum atomic E-state index is 13.5. The molecule has 0 bridgehead atoms. The maximum absolute atomic E-state index is 13.5. The van der Waals surface area contributed by atoms with Crippen LogP contribution in [0.2, 0.25) is 5.02 Å². The number of halogens is 2. The van der Waals surface area contributed by atoms with Gasteiger partial charge in [-0.1, -0.05) is 36.7 Å². The van der Waals surface area contributed by atoms with E-state index < -0.39 is 5.82 Å². The molecule has 0 radical (unpaired) electrons. The fourth-order valence-electron chi connectivity index (χ4n) is 1.94. The smallest absolute Gasteiger partial charge is 0.165 e. The van der Waals surface area contributed by atoms with Crippen LogP contribution in [-0.4, -0.2) is 6.54 Å². The average Bonchev–Trinajstić information content (AvgIpc) is 2.43. The molecule has 0 aliphatic heterocycles. The Hall–Kier alpha value is -1.58. The molecule has 2 aromatic carbocycles. The summed E-state index contributed by atoms with van der Waals surface area (Å²) in [6, 6.07) is 12.0. The predicted octanol–water partition coefficient (Wildman–Crippen LogP) is 4.94. The van der Waals surface area contributed by atoms with Crippen molar-refractivity contribution in [2.75, 3.05) is 6.54 Å². The summed E-state index contributed by atoms with van der Waals surface area (Å²) in [6.45, 7) is 4.99. The fourth-order valence-corrected chi connectivity index (χ4v) is 2.17. The van der Waals surface area contributed by atoms with E-state index in [-0.39, 0.29) is 11.8 Å². The van der Waals surface area contributed by atoms with Gasteiger partial charge in [-0.3, -0.25) is 0 Å². The lowest BCUT2D eigenvalue weighted by atomic mass is 10.1. The Labute approximate surface area is 123 Å². The first-order valence-electron chi connectivity index (χ1n) is 6.57. The van der Waals surface area contributed by atoms with Gasteiger partial charge < -0.3 is 10.1 Å². The van der Waals surface area contributed by atoms with Crippen LogP contribution in [0.25, 0.3) is 0 Å². The second kappa shape index (κ2) is 6.73. The summed E-state index contributed by atoms with van der Waals surface area (Å²) in [6.07, 6.45) is 0. The third kappa shape index (κ3) is 3.50. The molecule has 0 aliphatic carbocycles. The zero-order valence-electron chi connectivity index (χ0n) is 11.5. The van der Waals surface area contributed by atoms with E-state index in [0.29, 0.717) is 10.8 Å². The molecular weight excluding hydrogens is 277 g/mol. The van der Waals surface area contributed by atoms with E-state index >= 15 is 0 Å². The number of para-hydroxylation sites is 1. The fraction of sp³-hybridized carbons (Fsp3) is 0.250. The quantitative estimate of drug-likeness (QED) is 0.843. The van der Waals surface area contributed by atoms with Crippen LogP contribution in [-0.2, 0) is 0 Å². The predicted molar refractivity (Wildman–Crippen MR) is 80.0 cm³/mol. The van der Waals surface area contributed by atoms with Gasteiger partial charge in [-0.25, -0.2) is 4.39 Å². The maximum Gasteiger partial charge on any atom is 0.165 e. The second-order valence-electron chi connectivity index (χ2n) is 4.50. The van der Waals surface area contributed by atoms with Crippen LogP contribution in [0.15, 0.2) is 42.5 Å². The number of nitrogens with one attached hydrogen (secondary N) is 1. The van der Waals surface area contributed by atoms with Gasteiger partial charge in [0.1, 0.15) is 5.75 Å². The molecule has 0 saturated carbocycles. The summed E-state index contributed by atoms with van der Waals surface area (Å²) in [5.41, 5.74) is 1.07. The molecule has 0 aliphatic rings. The van der Waals surface area contributed by atoms with Crippen molar-refractivity contribution in [2.45, 2.75) is 19.9 Å². The zero-order valence-corrected chi connectivity index (χ0v) is 12.2. The van der Waals surface area contributed by atoms with Gasteiger partial charge in [0.05, 0.1) is 5.02 Å². The van der Waals surface area contributed by atoms with E-state index in [9.17, 15) is 4.39 Å². The highest BCUT2D eigenvalue weighted by atomic mass is 35.5. The van der Waals surface area contributed by atoms with Gasteiger partial charge in [-0.15, -0.1) is 0 Å². The molecule has 1 N–H and O–H groups in total. The van der Waals surface area contributed by atoms with Crippen LogP contribution in [0, 0.1) is 5.82 Å². The molecule has 20 heavy (non-hydrogen) atoms. The Balaban J connectivity index is 2.20. The van der Waals surface area contributed by atoms with Crippen molar-refractivity contribution in [3.8, 4) is 11.5 Å². The van der Waals surface area contributed by atoms with Crippen LogP contribution >= 0.6 is 11.6 Å². The normalized spacial score (nSPS) is 12.2. The standard InChI is InChI=1S/C16H17ClFNO/c1-3-19-11(2)12-8-9-15(13(17)10-12)20-16-7-5-4-6-14(16)18/h4-11,19H,3H2,1-2H3. The van der Waals surface area contributed by atoms with Gasteiger partial charge in [0.15, 0.2) is 11.6 Å². The van der Waals surface area contributed by atoms with Gasteiger partial charge in [-0.2, -0.15) is 0 Å². The van der Waals surface area contributed by atoms with Crippen molar-refractivity contribution >= 4 is 11.6 Å². The first-order chi connectivity index (χ1) is 9.61. The number of hydrogen-bond acceptors (Lipinski definition) is 2. The summed E-state index contributed by atoms with van der Waals surface area (Å²) >= 11 is 6.20. The highest BCUT2D eigenvalue weighted by molar-refractivity contribution is 6.32. The molecule has 4 heteroatoms. The highest BCUT2D eigenvalue weighted by Gasteiger charge is 2.10. The summed E-state index contributed by atoms with van der Waals surface area (Å²) < 4.78 is 19.0. The van der Waals surface area contributed by atoms with Gasteiger partial charge in [0.2, 0.25) is 0 Å². The molecule has 0 saturated heterocycles. The van der Waals surface area contributed by atoms with Crippen molar-refractivity contribution < 1.29 is 9.13 Å². The van der Waals surface area contributed by atoms with Crippen molar-refractivity contribution in [1.82, 2.24) is 5.32 Å². The summed E-state index contributed by atoms with van der Waals surface area (Å²) in [7, 11) is 0. The average molecular weight is 294 g/mol. The first kappa shape index (κ1) is 14.8. The Morgan fingerprint density at radius 3 is 2.60 bits per heavy atom. The number of rotatable bonds is 5. The van der Waals surface area contributed by atoms with Crippen molar-refractivity contribution in [1.29, 1.82) is 0 Å². The van der Waals surface area contributed by atoms with E-state index in [2.05, 4.69) is 12.2 Å². The van der Waals surface area contributed by atoms with Crippen molar-refractivity contribution in [3.63, 3.8) is 0 Å². The van der Waals surface area contributed by atoms with E-state index in [0.717, 1.165) is 12.1 Å². The SMILES string of the molecule is CCNC(C)c1ccc(Oc2ccccc2F)c(Cl)c1. The third-order valence-corrected chi connectivity index (χ3v) is 3.32. The minimum absolute atomic E-state index is 0.168. The summed E-state index contributed by atoms with van der Waals surface area (Å²) in [4.78, 5) is 0. The van der Waals surface area contributed by atoms with Crippen LogP contribution in [0.1, 0.15) is 25.5 Å². The molecule has 0 aromatic heterocycles. The topological polar surface area (TPSA) is 21.3 Å². The molecule has 2 aromatic rings. The second-order valence-corrected chi connectivity index (χ2v) is 4.91. The Bertz CT molecular complexity index is 588. The largest absolute Gasteiger partial charge is 0.453 e. The zero-order chi connectivity index (χ0) is 14.5. The van der Waals surface area contributed by atoms with E-state index in [1.807, 2.05) is 19.1 Å². The lowest BCUT2D eigenvalue weighted by Gasteiger charge is -2.15. The molecule has 2 rings (SSSR count). The summed E-state index contributed by atoms with van der Waals surface area (Å²) in [5, 5.41) is 3.78. The highest BCUT2D eigenvalue weighted by Crippen LogP contribution is 2.32. The van der Waals surface area contributed by atoms with Gasteiger partial charge in [0, 0.05) is 6.04 Å². The number of ether oxygens (including phenoxy) is 1. The Kier molecular flexibility index (Phi) is 4.99. The van der Waals surface area contributed by atoms with Gasteiger partial charge in [0.25, 0.3) is 0 Å². The minimum Gasteiger partial charge on any atom is -0.453 e. The van der Waals surface area contributed by atoms with Crippen molar-refractivity contribution in [3.05, 3.63) is 58.9 Å². The van der Waals surface area contributed by atoms with Crippen molar-refractivity contribution in [2.24, 2.45) is 0 Å². The molecule has 0 fully saturated rings. The number of benzene rings is 2. The van der Waals surface area contributed by atoms with Crippen LogP contribution in [0.5, 0.6) is 11.5 Å². The Morgan fingerprint density at radius 1 is 1.20 bits per heavy atom. The van der Waals surface area contributed by atoms with E-state index in [1.165, 1.54) is 6.07 Å². The van der Waals surface area contributed by atoms with Gasteiger partial charge in [-0.05, 0) is 43.3 Å². The van der Waals surface area contributed by atoms with E-state index in [1.54, 1.807) is 24.3 Å². The first-order valence-corrected chi connectivity index (χ1v) is 6.94. The molecular formula is C16H17ClFNO. The minimum atomic E-state index is -0.409. The molecule has 0 heterocycles. The third-order valence-electron chi connectivity index (χ3n) is 3.02. The van der Waals surface area contributed by atoms with Crippen LogP contribution < -0.4 is 10.1 Å².